The molecule has 1 aliphatic rings. The molecule has 1 saturated heterocycles. The fraction of sp³-hybridized carbons (Fsp3) is 0.560. The number of esters is 1. The van der Waals surface area contributed by atoms with E-state index in [0.717, 1.165) is 18.9 Å². The predicted molar refractivity (Wildman–Crippen MR) is 124 cm³/mol. The third-order valence-corrected chi connectivity index (χ3v) is 5.98. The smallest absolute Gasteiger partial charge is 0.330 e. The van der Waals surface area contributed by atoms with Crippen LogP contribution in [0.1, 0.15) is 50.8 Å². The minimum atomic E-state index is -1.63. The Morgan fingerprint density at radius 3 is 2.44 bits per heavy atom. The number of benzene rings is 1. The van der Waals surface area contributed by atoms with Crippen molar-refractivity contribution >= 4 is 5.97 Å². The molecule has 9 nitrogen and oxygen atoms in total. The molecule has 0 amide bonds. The van der Waals surface area contributed by atoms with Crippen LogP contribution in [0, 0.1) is 11.8 Å². The molecule has 0 saturated carbocycles. The summed E-state index contributed by atoms with van der Waals surface area (Å²) >= 11 is 0. The fourth-order valence-corrected chi connectivity index (χ4v) is 3.76. The van der Waals surface area contributed by atoms with Gasteiger partial charge in [-0.25, -0.2) is 4.79 Å². The van der Waals surface area contributed by atoms with Gasteiger partial charge in [0, 0.05) is 17.7 Å². The first kappa shape index (κ1) is 27.8. The molecular formula is C25H36O9. The van der Waals surface area contributed by atoms with Gasteiger partial charge in [-0.05, 0) is 29.9 Å². The molecule has 7 atom stereocenters. The Morgan fingerprint density at radius 1 is 1.12 bits per heavy atom. The number of hydrogen-bond acceptors (Lipinski definition) is 9. The Labute approximate surface area is 199 Å². The van der Waals surface area contributed by atoms with Gasteiger partial charge in [-0.15, -0.1) is 0 Å². The van der Waals surface area contributed by atoms with E-state index in [2.05, 4.69) is 26.0 Å². The van der Waals surface area contributed by atoms with E-state index in [4.69, 9.17) is 9.47 Å². The van der Waals surface area contributed by atoms with Gasteiger partial charge in [0.25, 0.3) is 0 Å². The number of rotatable bonds is 10. The van der Waals surface area contributed by atoms with Crippen LogP contribution < -0.4 is 0 Å². The third kappa shape index (κ3) is 7.04. The molecule has 190 valence electrons. The summed E-state index contributed by atoms with van der Waals surface area (Å²) in [6.45, 7) is 4.92. The number of hydrogen-bond donors (Lipinski definition) is 6. The normalized spacial score (nSPS) is 27.2. The summed E-state index contributed by atoms with van der Waals surface area (Å²) in [5.74, 6) is -1.04. The number of aliphatic hydroxyl groups is 4. The highest BCUT2D eigenvalue weighted by Gasteiger charge is 2.48. The van der Waals surface area contributed by atoms with Crippen molar-refractivity contribution in [3.05, 3.63) is 47.6 Å². The number of allylic oxidation sites excluding steroid dienone is 3. The van der Waals surface area contributed by atoms with Crippen LogP contribution in [0.25, 0.3) is 0 Å². The Hall–Kier alpha value is -2.43. The van der Waals surface area contributed by atoms with Crippen molar-refractivity contribution in [1.29, 1.82) is 0 Å². The maximum atomic E-state index is 12.4. The van der Waals surface area contributed by atoms with Crippen molar-refractivity contribution in [1.82, 2.24) is 0 Å². The quantitative estimate of drug-likeness (QED) is 0.167. The van der Waals surface area contributed by atoms with Crippen LogP contribution in [0.15, 0.2) is 36.4 Å². The second kappa shape index (κ2) is 12.9. The minimum absolute atomic E-state index is 0.0449. The van der Waals surface area contributed by atoms with Gasteiger partial charge in [0.05, 0.1) is 13.2 Å². The average molecular weight is 481 g/mol. The molecule has 0 radical (unpaired) electrons. The van der Waals surface area contributed by atoms with Crippen LogP contribution in [0.5, 0.6) is 11.5 Å². The van der Waals surface area contributed by atoms with E-state index >= 15 is 0 Å². The molecule has 2 unspecified atom stereocenters. The monoisotopic (exact) mass is 480 g/mol. The second-order valence-electron chi connectivity index (χ2n) is 8.74. The average Bonchev–Trinajstić information content (AvgIpc) is 2.80. The highest BCUT2D eigenvalue weighted by Crippen LogP contribution is 2.41. The molecule has 2 rings (SSSR count). The second-order valence-corrected chi connectivity index (χ2v) is 8.74. The van der Waals surface area contributed by atoms with Gasteiger partial charge >= 0.3 is 5.97 Å². The standard InChI is InChI=1S/C25H36O9/c1-4-14(2)6-5-7-15(3)8-9-20(30)34-25-22(31)19(13-27)33-24(23(25)32)21-16(12-26)10-17(28)11-18(21)29/h5-6,8-11,14-15,19,22-29,31-32H,4,7,12-13H2,1-3H3/b6-5+,9-8+/t14?,15?,19-,22-,23+,24+,25+/m1/s1. The molecule has 1 aliphatic heterocycles. The highest BCUT2D eigenvalue weighted by atomic mass is 16.6. The first-order valence-corrected chi connectivity index (χ1v) is 11.5. The molecule has 34 heavy (non-hydrogen) atoms. The first-order chi connectivity index (χ1) is 16.1. The van der Waals surface area contributed by atoms with Crippen molar-refractivity contribution in [2.24, 2.45) is 11.8 Å². The number of ether oxygens (including phenoxy) is 2. The molecule has 0 aliphatic carbocycles. The Balaban J connectivity index is 2.18. The van der Waals surface area contributed by atoms with Gasteiger partial charge in [-0.3, -0.25) is 0 Å². The molecule has 6 N–H and O–H groups in total. The van der Waals surface area contributed by atoms with E-state index in [9.17, 15) is 35.4 Å². The maximum absolute atomic E-state index is 12.4. The Bertz CT molecular complexity index is 866. The van der Waals surface area contributed by atoms with E-state index in [1.807, 2.05) is 6.92 Å². The molecule has 1 heterocycles. The highest BCUT2D eigenvalue weighted by molar-refractivity contribution is 5.82. The van der Waals surface area contributed by atoms with Crippen molar-refractivity contribution in [3.8, 4) is 11.5 Å². The zero-order chi connectivity index (χ0) is 25.4. The van der Waals surface area contributed by atoms with Gasteiger partial charge in [-0.1, -0.05) is 45.4 Å². The van der Waals surface area contributed by atoms with Gasteiger partial charge in [0.15, 0.2) is 6.10 Å². The van der Waals surface area contributed by atoms with Crippen molar-refractivity contribution in [2.45, 2.75) is 70.7 Å². The van der Waals surface area contributed by atoms with Crippen molar-refractivity contribution in [2.75, 3.05) is 6.61 Å². The van der Waals surface area contributed by atoms with Crippen LogP contribution >= 0.6 is 0 Å². The SMILES string of the molecule is CCC(C)/C=C/CC(C)/C=C/C(=O)O[C@@H]1[C@@H](O)[C@H](c2c(O)cc(O)cc2CO)O[C@H](CO)[C@H]1O. The van der Waals surface area contributed by atoms with Gasteiger partial charge < -0.3 is 40.1 Å². The zero-order valence-electron chi connectivity index (χ0n) is 19.7. The van der Waals surface area contributed by atoms with Crippen molar-refractivity contribution in [3.63, 3.8) is 0 Å². The fourth-order valence-electron chi connectivity index (χ4n) is 3.76. The number of aromatic hydroxyl groups is 2. The topological polar surface area (TPSA) is 157 Å². The van der Waals surface area contributed by atoms with Crippen LogP contribution in [-0.4, -0.2) is 67.6 Å². The zero-order valence-corrected chi connectivity index (χ0v) is 19.7. The molecule has 0 spiro atoms. The minimum Gasteiger partial charge on any atom is -0.508 e. The maximum Gasteiger partial charge on any atom is 0.330 e. The lowest BCUT2D eigenvalue weighted by Gasteiger charge is -2.42. The predicted octanol–water partition coefficient (Wildman–Crippen LogP) is 1.84. The summed E-state index contributed by atoms with van der Waals surface area (Å²) in [5.41, 5.74) is 0.0235. The molecule has 0 bridgehead atoms. The lowest BCUT2D eigenvalue weighted by Crippen LogP contribution is -2.57. The third-order valence-electron chi connectivity index (χ3n) is 5.98. The van der Waals surface area contributed by atoms with E-state index in [-0.39, 0.29) is 22.8 Å². The summed E-state index contributed by atoms with van der Waals surface area (Å²) < 4.78 is 10.9. The number of carbonyl (C=O) groups excluding carboxylic acids is 1. The first-order valence-electron chi connectivity index (χ1n) is 11.5. The largest absolute Gasteiger partial charge is 0.508 e. The van der Waals surface area contributed by atoms with Gasteiger partial charge in [0.2, 0.25) is 0 Å². The Kier molecular flexibility index (Phi) is 10.5. The Morgan fingerprint density at radius 2 is 1.82 bits per heavy atom. The molecule has 1 aromatic rings. The summed E-state index contributed by atoms with van der Waals surface area (Å²) in [5, 5.41) is 60.7. The van der Waals surface area contributed by atoms with E-state index < -0.39 is 55.5 Å². The summed E-state index contributed by atoms with van der Waals surface area (Å²) in [7, 11) is 0. The molecule has 9 heteroatoms. The number of phenols is 2. The molecular weight excluding hydrogens is 444 g/mol. The van der Waals surface area contributed by atoms with Crippen molar-refractivity contribution < 1.29 is 44.9 Å². The lowest BCUT2D eigenvalue weighted by molar-refractivity contribution is -0.240. The van der Waals surface area contributed by atoms with Crippen LogP contribution in [-0.2, 0) is 20.9 Å². The lowest BCUT2D eigenvalue weighted by atomic mass is 9.88. The summed E-state index contributed by atoms with van der Waals surface area (Å²) in [6.07, 6.45) is 1.59. The van der Waals surface area contributed by atoms with Gasteiger partial charge in [0.1, 0.15) is 35.9 Å². The van der Waals surface area contributed by atoms with Crippen LogP contribution in [0.4, 0.5) is 0 Å². The summed E-state index contributed by atoms with van der Waals surface area (Å²) in [4.78, 5) is 12.4. The van der Waals surface area contributed by atoms with Gasteiger partial charge in [-0.2, -0.15) is 0 Å². The number of carbonyl (C=O) groups is 1. The number of phenolic OH excluding ortho intramolecular Hbond substituents is 2. The molecule has 1 fully saturated rings. The van der Waals surface area contributed by atoms with E-state index in [1.165, 1.54) is 12.1 Å². The summed E-state index contributed by atoms with van der Waals surface area (Å²) in [6, 6.07) is 2.19. The number of aliphatic hydroxyl groups excluding tert-OH is 4. The molecule has 0 aromatic heterocycles. The van der Waals surface area contributed by atoms with Crippen LogP contribution in [0.2, 0.25) is 0 Å². The van der Waals surface area contributed by atoms with E-state index in [1.54, 1.807) is 6.08 Å². The van der Waals surface area contributed by atoms with E-state index in [0.29, 0.717) is 5.92 Å². The van der Waals surface area contributed by atoms with Crippen LogP contribution in [0.3, 0.4) is 0 Å². The molecule has 1 aromatic carbocycles.